The highest BCUT2D eigenvalue weighted by Crippen LogP contribution is 2.30. The van der Waals surface area contributed by atoms with Gasteiger partial charge in [-0.3, -0.25) is 0 Å². The van der Waals surface area contributed by atoms with Gasteiger partial charge in [0, 0.05) is 22.7 Å². The summed E-state index contributed by atoms with van der Waals surface area (Å²) >= 11 is 0. The second-order valence-corrected chi connectivity index (χ2v) is 4.35. The number of H-pyrrole nitrogens is 1. The summed E-state index contributed by atoms with van der Waals surface area (Å²) in [6, 6.07) is 7.71. The molecule has 0 amide bonds. The van der Waals surface area contributed by atoms with Gasteiger partial charge in [-0.2, -0.15) is 0 Å². The van der Waals surface area contributed by atoms with E-state index in [1.54, 1.807) is 20.0 Å². The van der Waals surface area contributed by atoms with E-state index < -0.39 is 11.7 Å². The maximum Gasteiger partial charge on any atom is 0.109 e. The first-order chi connectivity index (χ1) is 7.00. The van der Waals surface area contributed by atoms with E-state index in [0.29, 0.717) is 0 Å². The number of aliphatic hydroxyl groups excluding tert-OH is 1. The van der Waals surface area contributed by atoms with Crippen molar-refractivity contribution in [3.8, 4) is 0 Å². The first-order valence-corrected chi connectivity index (χ1v) is 4.96. The number of nitrogens with one attached hydrogen (secondary N) is 1. The van der Waals surface area contributed by atoms with Crippen LogP contribution in [0, 0.1) is 0 Å². The van der Waals surface area contributed by atoms with Crippen molar-refractivity contribution in [3.05, 3.63) is 36.0 Å². The molecule has 15 heavy (non-hydrogen) atoms. The van der Waals surface area contributed by atoms with Gasteiger partial charge in [-0.05, 0) is 19.9 Å². The molecule has 1 aromatic heterocycles. The predicted octanol–water partition coefficient (Wildman–Crippen LogP) is 1.97. The molecule has 0 spiro atoms. The molecular formula is C12H15NO2. The summed E-state index contributed by atoms with van der Waals surface area (Å²) in [7, 11) is 0. The van der Waals surface area contributed by atoms with Crippen LogP contribution in [0.5, 0.6) is 0 Å². The topological polar surface area (TPSA) is 56.2 Å². The fraction of sp³-hybridized carbons (Fsp3) is 0.333. The van der Waals surface area contributed by atoms with Gasteiger partial charge in [0.2, 0.25) is 0 Å². The summed E-state index contributed by atoms with van der Waals surface area (Å²) in [5.41, 5.74) is 0.569. The Labute approximate surface area is 88.4 Å². The molecule has 3 N–H and O–H groups in total. The number of hydrogen-bond donors (Lipinski definition) is 3. The highest BCUT2D eigenvalue weighted by atomic mass is 16.3. The Morgan fingerprint density at radius 1 is 1.27 bits per heavy atom. The summed E-state index contributed by atoms with van der Waals surface area (Å²) in [5.74, 6) is 0. The molecule has 0 radical (unpaired) electrons. The number of fused-ring (bicyclic) bond motifs is 1. The van der Waals surface area contributed by atoms with Crippen LogP contribution in [0.25, 0.3) is 10.9 Å². The molecule has 2 aromatic rings. The van der Waals surface area contributed by atoms with E-state index in [-0.39, 0.29) is 0 Å². The van der Waals surface area contributed by atoms with Crippen LogP contribution < -0.4 is 0 Å². The zero-order valence-electron chi connectivity index (χ0n) is 8.86. The number of aromatic nitrogens is 1. The van der Waals surface area contributed by atoms with Gasteiger partial charge in [-0.25, -0.2) is 0 Å². The van der Waals surface area contributed by atoms with Gasteiger partial charge in [0.25, 0.3) is 0 Å². The van der Waals surface area contributed by atoms with Crippen LogP contribution in [-0.4, -0.2) is 20.8 Å². The van der Waals surface area contributed by atoms with E-state index >= 15 is 0 Å². The molecule has 0 saturated carbocycles. The molecule has 1 aromatic carbocycles. The number of benzene rings is 1. The van der Waals surface area contributed by atoms with Crippen molar-refractivity contribution in [2.24, 2.45) is 0 Å². The molecular weight excluding hydrogens is 190 g/mol. The molecule has 1 unspecified atom stereocenters. The third-order valence-electron chi connectivity index (χ3n) is 2.58. The van der Waals surface area contributed by atoms with E-state index in [2.05, 4.69) is 4.98 Å². The Bertz CT molecular complexity index is 468. The summed E-state index contributed by atoms with van der Waals surface area (Å²) in [4.78, 5) is 3.07. The number of para-hydroxylation sites is 1. The molecule has 3 nitrogen and oxygen atoms in total. The van der Waals surface area contributed by atoms with Gasteiger partial charge in [0.15, 0.2) is 0 Å². The molecule has 0 saturated heterocycles. The lowest BCUT2D eigenvalue weighted by molar-refractivity contribution is -0.0489. The Morgan fingerprint density at radius 2 is 1.93 bits per heavy atom. The summed E-state index contributed by atoms with van der Waals surface area (Å²) < 4.78 is 0. The zero-order chi connectivity index (χ0) is 11.1. The van der Waals surface area contributed by atoms with Crippen LogP contribution in [0.1, 0.15) is 25.5 Å². The van der Waals surface area contributed by atoms with Crippen molar-refractivity contribution >= 4 is 10.9 Å². The molecule has 2 rings (SSSR count). The molecule has 0 aliphatic carbocycles. The number of rotatable bonds is 2. The van der Waals surface area contributed by atoms with Crippen molar-refractivity contribution in [2.75, 3.05) is 0 Å². The van der Waals surface area contributed by atoms with Crippen LogP contribution in [0.15, 0.2) is 30.5 Å². The average Bonchev–Trinajstić information content (AvgIpc) is 2.58. The van der Waals surface area contributed by atoms with E-state index in [1.807, 2.05) is 24.3 Å². The third-order valence-corrected chi connectivity index (χ3v) is 2.58. The molecule has 1 heterocycles. The van der Waals surface area contributed by atoms with E-state index in [4.69, 9.17) is 0 Å². The third kappa shape index (κ3) is 1.76. The maximum absolute atomic E-state index is 9.97. The van der Waals surface area contributed by atoms with Gasteiger partial charge in [0.1, 0.15) is 6.10 Å². The number of aromatic amines is 1. The first kappa shape index (κ1) is 10.2. The quantitative estimate of drug-likeness (QED) is 0.702. The van der Waals surface area contributed by atoms with Crippen molar-refractivity contribution in [2.45, 2.75) is 25.6 Å². The summed E-state index contributed by atoms with van der Waals surface area (Å²) in [6.45, 7) is 3.19. The van der Waals surface area contributed by atoms with Crippen molar-refractivity contribution in [3.63, 3.8) is 0 Å². The smallest absolute Gasteiger partial charge is 0.109 e. The molecule has 0 bridgehead atoms. The molecule has 0 aliphatic heterocycles. The maximum atomic E-state index is 9.97. The van der Waals surface area contributed by atoms with E-state index in [9.17, 15) is 10.2 Å². The van der Waals surface area contributed by atoms with Gasteiger partial charge >= 0.3 is 0 Å². The van der Waals surface area contributed by atoms with Gasteiger partial charge in [-0.15, -0.1) is 0 Å². The number of hydrogen-bond acceptors (Lipinski definition) is 2. The molecule has 1 atom stereocenters. The summed E-state index contributed by atoms with van der Waals surface area (Å²) in [5, 5.41) is 20.7. The normalized spacial score (nSPS) is 14.4. The second kappa shape index (κ2) is 3.36. The van der Waals surface area contributed by atoms with Crippen LogP contribution in [-0.2, 0) is 0 Å². The van der Waals surface area contributed by atoms with Gasteiger partial charge < -0.3 is 15.2 Å². The van der Waals surface area contributed by atoms with E-state index in [1.165, 1.54) is 0 Å². The fourth-order valence-electron chi connectivity index (χ4n) is 1.70. The first-order valence-electron chi connectivity index (χ1n) is 4.96. The van der Waals surface area contributed by atoms with Crippen LogP contribution in [0.3, 0.4) is 0 Å². The van der Waals surface area contributed by atoms with E-state index in [0.717, 1.165) is 16.5 Å². The number of aliphatic hydroxyl groups is 2. The van der Waals surface area contributed by atoms with Crippen molar-refractivity contribution in [1.29, 1.82) is 0 Å². The lowest BCUT2D eigenvalue weighted by atomic mass is 9.95. The van der Waals surface area contributed by atoms with Gasteiger partial charge in [-0.1, -0.05) is 18.2 Å². The standard InChI is InChI=1S/C12H15NO2/c1-12(2,15)11(14)9-7-13-10-6-4-3-5-8(9)10/h3-7,11,13-15H,1-2H3. The molecule has 3 heteroatoms. The Morgan fingerprint density at radius 3 is 2.60 bits per heavy atom. The average molecular weight is 205 g/mol. The molecule has 80 valence electrons. The monoisotopic (exact) mass is 205 g/mol. The Balaban J connectivity index is 2.53. The zero-order valence-corrected chi connectivity index (χ0v) is 8.86. The van der Waals surface area contributed by atoms with Crippen LogP contribution >= 0.6 is 0 Å². The van der Waals surface area contributed by atoms with Crippen molar-refractivity contribution < 1.29 is 10.2 Å². The Kier molecular flexibility index (Phi) is 2.29. The summed E-state index contributed by atoms with van der Waals surface area (Å²) in [6.07, 6.45) is 0.862. The van der Waals surface area contributed by atoms with Crippen LogP contribution in [0.4, 0.5) is 0 Å². The fourth-order valence-corrected chi connectivity index (χ4v) is 1.70. The lowest BCUT2D eigenvalue weighted by Crippen LogP contribution is -2.28. The van der Waals surface area contributed by atoms with Gasteiger partial charge in [0.05, 0.1) is 5.60 Å². The largest absolute Gasteiger partial charge is 0.387 e. The minimum Gasteiger partial charge on any atom is -0.387 e. The predicted molar refractivity (Wildman–Crippen MR) is 59.6 cm³/mol. The highest BCUT2D eigenvalue weighted by molar-refractivity contribution is 5.83. The lowest BCUT2D eigenvalue weighted by Gasteiger charge is -2.24. The molecule has 0 aliphatic rings. The SMILES string of the molecule is CC(C)(O)C(O)c1c[nH]c2ccccc12. The highest BCUT2D eigenvalue weighted by Gasteiger charge is 2.27. The molecule has 0 fully saturated rings. The second-order valence-electron chi connectivity index (χ2n) is 4.35. The Hall–Kier alpha value is -1.32. The van der Waals surface area contributed by atoms with Crippen LogP contribution in [0.2, 0.25) is 0 Å². The minimum atomic E-state index is -1.13. The van der Waals surface area contributed by atoms with Crippen molar-refractivity contribution in [1.82, 2.24) is 4.98 Å². The minimum absolute atomic E-state index is 0.734.